The Bertz CT molecular complexity index is 2820. The highest BCUT2D eigenvalue weighted by molar-refractivity contribution is 6.07. The lowest BCUT2D eigenvalue weighted by atomic mass is 10.0. The third-order valence-corrected chi connectivity index (χ3v) is 10.1. The summed E-state index contributed by atoms with van der Waals surface area (Å²) in [6.45, 7) is 0. The van der Waals surface area contributed by atoms with Crippen molar-refractivity contribution in [1.29, 1.82) is 5.26 Å². The van der Waals surface area contributed by atoms with Gasteiger partial charge in [-0.2, -0.15) is 5.26 Å². The Labute approximate surface area is 306 Å². The highest BCUT2D eigenvalue weighted by atomic mass is 16.3. The Morgan fingerprint density at radius 3 is 1.09 bits per heavy atom. The van der Waals surface area contributed by atoms with Gasteiger partial charge in [0.05, 0.1) is 11.6 Å². The number of nitriles is 1. The number of rotatable bonds is 6. The molecule has 0 N–H and O–H groups in total. The molecule has 0 aliphatic carbocycles. The Kier molecular flexibility index (Phi) is 7.16. The molecule has 0 atom stereocenters. The van der Waals surface area contributed by atoms with Gasteiger partial charge in [0.1, 0.15) is 22.3 Å². The van der Waals surface area contributed by atoms with Crippen molar-refractivity contribution >= 4 is 60.9 Å². The van der Waals surface area contributed by atoms with E-state index >= 15 is 0 Å². The van der Waals surface area contributed by atoms with Crippen molar-refractivity contribution in [1.82, 2.24) is 0 Å². The Morgan fingerprint density at radius 2 is 0.679 bits per heavy atom. The molecule has 4 heteroatoms. The normalized spacial score (nSPS) is 11.4. The minimum absolute atomic E-state index is 0.652. The van der Waals surface area contributed by atoms with Crippen molar-refractivity contribution in [2.45, 2.75) is 0 Å². The van der Waals surface area contributed by atoms with Crippen LogP contribution in [0.1, 0.15) is 5.56 Å². The van der Waals surface area contributed by atoms with E-state index < -0.39 is 0 Å². The third-order valence-electron chi connectivity index (χ3n) is 10.1. The van der Waals surface area contributed by atoms with Crippen molar-refractivity contribution in [3.63, 3.8) is 0 Å². The number of nitrogens with zero attached hydrogens (tertiary/aromatic N) is 2. The van der Waals surface area contributed by atoms with Gasteiger partial charge in [-0.1, -0.05) is 97.1 Å². The minimum Gasteiger partial charge on any atom is -0.456 e. The van der Waals surface area contributed by atoms with Crippen LogP contribution in [0, 0.1) is 11.3 Å². The van der Waals surface area contributed by atoms with Gasteiger partial charge in [0, 0.05) is 38.6 Å². The van der Waals surface area contributed by atoms with Crippen molar-refractivity contribution in [2.24, 2.45) is 0 Å². The van der Waals surface area contributed by atoms with Crippen molar-refractivity contribution in [3.05, 3.63) is 188 Å². The van der Waals surface area contributed by atoms with Crippen LogP contribution in [-0.4, -0.2) is 0 Å². The lowest BCUT2D eigenvalue weighted by molar-refractivity contribution is 0.668. The zero-order valence-corrected chi connectivity index (χ0v) is 28.5. The second-order valence-electron chi connectivity index (χ2n) is 13.3. The molecule has 8 aromatic carbocycles. The Morgan fingerprint density at radius 1 is 0.340 bits per heavy atom. The maximum absolute atomic E-state index is 9.26. The molecular formula is C49H30N2O2. The molecule has 0 saturated carbocycles. The monoisotopic (exact) mass is 678 g/mol. The van der Waals surface area contributed by atoms with Crippen molar-refractivity contribution in [2.75, 3.05) is 4.90 Å². The molecule has 4 nitrogen and oxygen atoms in total. The average Bonchev–Trinajstić information content (AvgIpc) is 3.79. The zero-order valence-electron chi connectivity index (χ0n) is 28.5. The number of furan rings is 2. The van der Waals surface area contributed by atoms with Crippen LogP contribution in [0.3, 0.4) is 0 Å². The number of para-hydroxylation sites is 2. The molecule has 2 heterocycles. The molecular weight excluding hydrogens is 649 g/mol. The molecule has 0 radical (unpaired) electrons. The number of anilines is 3. The van der Waals surface area contributed by atoms with E-state index in [1.807, 2.05) is 48.5 Å². The Balaban J connectivity index is 1.02. The fourth-order valence-corrected chi connectivity index (χ4v) is 7.40. The molecule has 0 spiro atoms. The van der Waals surface area contributed by atoms with Gasteiger partial charge in [-0.25, -0.2) is 0 Å². The molecule has 0 fully saturated rings. The lowest BCUT2D eigenvalue weighted by Gasteiger charge is -2.26. The highest BCUT2D eigenvalue weighted by Crippen LogP contribution is 2.39. The van der Waals surface area contributed by atoms with Gasteiger partial charge >= 0.3 is 0 Å². The second kappa shape index (κ2) is 12.5. The van der Waals surface area contributed by atoms with Crippen LogP contribution < -0.4 is 4.90 Å². The van der Waals surface area contributed by atoms with Gasteiger partial charge in [0.2, 0.25) is 0 Å². The van der Waals surface area contributed by atoms with E-state index in [0.29, 0.717) is 5.56 Å². The second-order valence-corrected chi connectivity index (χ2v) is 13.3. The first-order valence-corrected chi connectivity index (χ1v) is 17.6. The summed E-state index contributed by atoms with van der Waals surface area (Å²) in [7, 11) is 0. The maximum atomic E-state index is 9.26. The quantitative estimate of drug-likeness (QED) is 0.176. The van der Waals surface area contributed by atoms with Crippen LogP contribution in [0.2, 0.25) is 0 Å². The topological polar surface area (TPSA) is 53.3 Å². The third kappa shape index (κ3) is 5.40. The summed E-state index contributed by atoms with van der Waals surface area (Å²) in [4.78, 5) is 2.29. The first kappa shape index (κ1) is 30.5. The summed E-state index contributed by atoms with van der Waals surface area (Å²) in [5.74, 6) is 0. The molecule has 0 saturated heterocycles. The molecule has 0 aliphatic heterocycles. The fraction of sp³-hybridized carbons (Fsp3) is 0. The van der Waals surface area contributed by atoms with E-state index in [2.05, 4.69) is 144 Å². The van der Waals surface area contributed by atoms with Gasteiger partial charge in [0.25, 0.3) is 0 Å². The van der Waals surface area contributed by atoms with Gasteiger partial charge in [0.15, 0.2) is 0 Å². The first-order valence-electron chi connectivity index (χ1n) is 17.6. The summed E-state index contributed by atoms with van der Waals surface area (Å²) >= 11 is 0. The summed E-state index contributed by atoms with van der Waals surface area (Å²) in [5.41, 5.74) is 14.1. The van der Waals surface area contributed by atoms with Gasteiger partial charge < -0.3 is 13.7 Å². The molecule has 0 amide bonds. The van der Waals surface area contributed by atoms with Crippen LogP contribution in [0.5, 0.6) is 0 Å². The standard InChI is InChI=1S/C49H30N2O2/c50-31-32-9-11-33(12-10-32)34-13-21-39(22-14-34)51(40-23-15-35(16-24-40)37-19-27-48-44(29-37)42-5-1-3-7-46(42)52-48)41-25-17-36(18-26-41)38-20-28-49-45(30-38)43-6-2-4-8-47(43)53-49/h1-30H. The number of benzene rings is 8. The van der Waals surface area contributed by atoms with Gasteiger partial charge in [-0.15, -0.1) is 0 Å². The Hall–Kier alpha value is -7.35. The summed E-state index contributed by atoms with van der Waals surface area (Å²) < 4.78 is 12.2. The molecule has 2 aromatic heterocycles. The largest absolute Gasteiger partial charge is 0.456 e. The van der Waals surface area contributed by atoms with E-state index in [1.54, 1.807) is 0 Å². The summed E-state index contributed by atoms with van der Waals surface area (Å²) in [6.07, 6.45) is 0. The fourth-order valence-electron chi connectivity index (χ4n) is 7.40. The summed E-state index contributed by atoms with van der Waals surface area (Å²) in [5, 5.41) is 13.7. The predicted molar refractivity (Wildman–Crippen MR) is 217 cm³/mol. The van der Waals surface area contributed by atoms with Crippen LogP contribution >= 0.6 is 0 Å². The van der Waals surface area contributed by atoms with Crippen molar-refractivity contribution < 1.29 is 8.83 Å². The van der Waals surface area contributed by atoms with E-state index in [0.717, 1.165) is 94.3 Å². The predicted octanol–water partition coefficient (Wildman–Crippen LogP) is 13.8. The lowest BCUT2D eigenvalue weighted by Crippen LogP contribution is -2.09. The maximum Gasteiger partial charge on any atom is 0.135 e. The van der Waals surface area contributed by atoms with Gasteiger partial charge in [-0.3, -0.25) is 0 Å². The van der Waals surface area contributed by atoms with E-state index in [1.165, 1.54) is 0 Å². The average molecular weight is 679 g/mol. The number of hydrogen-bond acceptors (Lipinski definition) is 4. The van der Waals surface area contributed by atoms with E-state index in [4.69, 9.17) is 8.83 Å². The smallest absolute Gasteiger partial charge is 0.135 e. The first-order chi connectivity index (χ1) is 26.2. The van der Waals surface area contributed by atoms with Crippen LogP contribution in [0.4, 0.5) is 17.1 Å². The number of fused-ring (bicyclic) bond motifs is 6. The summed E-state index contributed by atoms with van der Waals surface area (Å²) in [6, 6.07) is 65.2. The minimum atomic E-state index is 0.652. The number of hydrogen-bond donors (Lipinski definition) is 0. The molecule has 10 rings (SSSR count). The SMILES string of the molecule is N#Cc1ccc(-c2ccc(N(c3ccc(-c4ccc5oc6ccccc6c5c4)cc3)c3ccc(-c4ccc5oc6ccccc6c5c4)cc3)cc2)cc1. The molecule has 10 aromatic rings. The molecule has 0 bridgehead atoms. The highest BCUT2D eigenvalue weighted by Gasteiger charge is 2.15. The molecule has 0 aliphatic rings. The zero-order chi connectivity index (χ0) is 35.3. The molecule has 53 heavy (non-hydrogen) atoms. The van der Waals surface area contributed by atoms with Crippen LogP contribution in [0.25, 0.3) is 77.3 Å². The van der Waals surface area contributed by atoms with Crippen LogP contribution in [0.15, 0.2) is 191 Å². The van der Waals surface area contributed by atoms with Crippen LogP contribution in [-0.2, 0) is 0 Å². The molecule has 248 valence electrons. The van der Waals surface area contributed by atoms with E-state index in [-0.39, 0.29) is 0 Å². The van der Waals surface area contributed by atoms with Gasteiger partial charge in [-0.05, 0) is 118 Å². The van der Waals surface area contributed by atoms with Crippen molar-refractivity contribution in [3.8, 4) is 39.4 Å². The molecule has 0 unspecified atom stereocenters. The van der Waals surface area contributed by atoms with E-state index in [9.17, 15) is 5.26 Å².